The van der Waals surface area contributed by atoms with Crippen molar-refractivity contribution in [3.63, 3.8) is 0 Å². The molecule has 0 fully saturated rings. The molecule has 0 radical (unpaired) electrons. The fourth-order valence-electron chi connectivity index (χ4n) is 1.56. The molecule has 21 heavy (non-hydrogen) atoms. The molecule has 0 spiro atoms. The Morgan fingerprint density at radius 3 is 2.57 bits per heavy atom. The topological polar surface area (TPSA) is 111 Å². The summed E-state index contributed by atoms with van der Waals surface area (Å²) in [6.45, 7) is 3.47. The third-order valence-corrected chi connectivity index (χ3v) is 2.55. The van der Waals surface area contributed by atoms with Crippen molar-refractivity contribution in [3.8, 4) is 5.75 Å². The number of carbonyl (C=O) groups is 2. The maximum atomic E-state index is 11.5. The van der Waals surface area contributed by atoms with Crippen LogP contribution in [0.25, 0.3) is 0 Å². The van der Waals surface area contributed by atoms with Gasteiger partial charge in [0, 0.05) is 18.2 Å². The predicted octanol–water partition coefficient (Wildman–Crippen LogP) is 0.534. The van der Waals surface area contributed by atoms with Gasteiger partial charge in [-0.3, -0.25) is 19.7 Å². The molecule has 0 atom stereocenters. The van der Waals surface area contributed by atoms with Crippen LogP contribution >= 0.6 is 0 Å². The Bertz CT molecular complexity index is 545. The second-order valence-electron chi connectivity index (χ2n) is 4.22. The molecule has 0 saturated heterocycles. The monoisotopic (exact) mass is 295 g/mol. The first-order valence-electron chi connectivity index (χ1n) is 6.35. The molecule has 114 valence electrons. The lowest BCUT2D eigenvalue weighted by Crippen LogP contribution is -2.38. The van der Waals surface area contributed by atoms with Gasteiger partial charge in [-0.1, -0.05) is 0 Å². The standard InChI is InChI=1S/C13H17N3O5/c1-3-14-12(17)7-15-13(18)8-21-10-4-5-11(16(19)20)9(2)6-10/h4-6H,3,7-8H2,1-2H3,(H,14,17)(H,15,18). The molecular weight excluding hydrogens is 278 g/mol. The summed E-state index contributed by atoms with van der Waals surface area (Å²) in [5, 5.41) is 15.6. The fraction of sp³-hybridized carbons (Fsp3) is 0.385. The number of nitrogens with zero attached hydrogens (tertiary/aromatic N) is 1. The minimum absolute atomic E-state index is 0.0111. The third-order valence-electron chi connectivity index (χ3n) is 2.55. The van der Waals surface area contributed by atoms with Gasteiger partial charge in [0.1, 0.15) is 5.75 Å². The van der Waals surface area contributed by atoms with E-state index in [1.165, 1.54) is 18.2 Å². The average Bonchev–Trinajstić information content (AvgIpc) is 2.43. The van der Waals surface area contributed by atoms with Crippen molar-refractivity contribution in [2.75, 3.05) is 19.7 Å². The van der Waals surface area contributed by atoms with Crippen LogP contribution < -0.4 is 15.4 Å². The summed E-state index contributed by atoms with van der Waals surface area (Å²) in [6.07, 6.45) is 0. The number of ether oxygens (including phenoxy) is 1. The van der Waals surface area contributed by atoms with Gasteiger partial charge in [0.05, 0.1) is 11.5 Å². The molecule has 2 amide bonds. The average molecular weight is 295 g/mol. The highest BCUT2D eigenvalue weighted by atomic mass is 16.6. The quantitative estimate of drug-likeness (QED) is 0.563. The maximum Gasteiger partial charge on any atom is 0.272 e. The fourth-order valence-corrected chi connectivity index (χ4v) is 1.56. The number of carbonyl (C=O) groups excluding carboxylic acids is 2. The first kappa shape index (κ1) is 16.4. The summed E-state index contributed by atoms with van der Waals surface area (Å²) in [5.74, 6) is -0.374. The summed E-state index contributed by atoms with van der Waals surface area (Å²) in [4.78, 5) is 32.8. The smallest absolute Gasteiger partial charge is 0.272 e. The molecule has 0 unspecified atom stereocenters. The molecule has 0 saturated carbocycles. The first-order chi connectivity index (χ1) is 9.93. The third kappa shape index (κ3) is 5.47. The van der Waals surface area contributed by atoms with Gasteiger partial charge in [-0.15, -0.1) is 0 Å². The summed E-state index contributed by atoms with van der Waals surface area (Å²) in [7, 11) is 0. The largest absolute Gasteiger partial charge is 0.484 e. The van der Waals surface area contributed by atoms with Crippen molar-refractivity contribution < 1.29 is 19.2 Å². The number of amides is 2. The summed E-state index contributed by atoms with van der Waals surface area (Å²) >= 11 is 0. The zero-order chi connectivity index (χ0) is 15.8. The highest BCUT2D eigenvalue weighted by Crippen LogP contribution is 2.22. The van der Waals surface area contributed by atoms with Gasteiger partial charge < -0.3 is 15.4 Å². The minimum Gasteiger partial charge on any atom is -0.484 e. The molecule has 0 aliphatic carbocycles. The van der Waals surface area contributed by atoms with E-state index in [1.807, 2.05) is 0 Å². The Hall–Kier alpha value is -2.64. The number of aryl methyl sites for hydroxylation is 1. The van der Waals surface area contributed by atoms with Crippen LogP contribution in [0.15, 0.2) is 18.2 Å². The lowest BCUT2D eigenvalue weighted by atomic mass is 10.2. The molecule has 0 heterocycles. The van der Waals surface area contributed by atoms with Gasteiger partial charge in [-0.2, -0.15) is 0 Å². The number of likely N-dealkylation sites (N-methyl/N-ethyl adjacent to an activating group) is 1. The van der Waals surface area contributed by atoms with Gasteiger partial charge in [-0.05, 0) is 26.0 Å². The summed E-state index contributed by atoms with van der Waals surface area (Å²) < 4.78 is 5.21. The van der Waals surface area contributed by atoms with Crippen LogP contribution in [0, 0.1) is 17.0 Å². The molecular formula is C13H17N3O5. The van der Waals surface area contributed by atoms with Crippen molar-refractivity contribution >= 4 is 17.5 Å². The zero-order valence-electron chi connectivity index (χ0n) is 11.8. The molecule has 0 bridgehead atoms. The first-order valence-corrected chi connectivity index (χ1v) is 6.35. The van der Waals surface area contributed by atoms with E-state index >= 15 is 0 Å². The van der Waals surface area contributed by atoms with Crippen LogP contribution in [0.2, 0.25) is 0 Å². The lowest BCUT2D eigenvalue weighted by molar-refractivity contribution is -0.385. The van der Waals surface area contributed by atoms with Crippen LogP contribution in [0.5, 0.6) is 5.75 Å². The van der Waals surface area contributed by atoms with E-state index in [0.29, 0.717) is 17.9 Å². The van der Waals surface area contributed by atoms with Crippen LogP contribution in [-0.4, -0.2) is 36.4 Å². The number of nitro groups is 1. The predicted molar refractivity (Wildman–Crippen MR) is 75.0 cm³/mol. The van der Waals surface area contributed by atoms with Crippen LogP contribution in [0.1, 0.15) is 12.5 Å². The molecule has 8 heteroatoms. The van der Waals surface area contributed by atoms with E-state index < -0.39 is 10.8 Å². The van der Waals surface area contributed by atoms with E-state index in [0.717, 1.165) is 0 Å². The number of hydrogen-bond donors (Lipinski definition) is 2. The second-order valence-corrected chi connectivity index (χ2v) is 4.22. The lowest BCUT2D eigenvalue weighted by Gasteiger charge is -2.08. The summed E-state index contributed by atoms with van der Waals surface area (Å²) in [5.41, 5.74) is 0.434. The van der Waals surface area contributed by atoms with Gasteiger partial charge in [0.15, 0.2) is 6.61 Å². The molecule has 0 aromatic heterocycles. The highest BCUT2D eigenvalue weighted by Gasteiger charge is 2.11. The number of hydrogen-bond acceptors (Lipinski definition) is 5. The molecule has 1 aromatic carbocycles. The van der Waals surface area contributed by atoms with Crippen molar-refractivity contribution in [3.05, 3.63) is 33.9 Å². The molecule has 2 N–H and O–H groups in total. The van der Waals surface area contributed by atoms with Crippen molar-refractivity contribution in [1.29, 1.82) is 0 Å². The Morgan fingerprint density at radius 1 is 1.29 bits per heavy atom. The van der Waals surface area contributed by atoms with Crippen molar-refractivity contribution in [2.45, 2.75) is 13.8 Å². The SMILES string of the molecule is CCNC(=O)CNC(=O)COc1ccc([N+](=O)[O-])c(C)c1. The second kappa shape index (κ2) is 7.83. The zero-order valence-corrected chi connectivity index (χ0v) is 11.8. The molecule has 1 rings (SSSR count). The molecule has 0 aliphatic rings. The highest BCUT2D eigenvalue weighted by molar-refractivity contribution is 5.85. The Morgan fingerprint density at radius 2 is 2.00 bits per heavy atom. The van der Waals surface area contributed by atoms with Gasteiger partial charge in [0.2, 0.25) is 5.91 Å². The number of benzene rings is 1. The van der Waals surface area contributed by atoms with Crippen molar-refractivity contribution in [1.82, 2.24) is 10.6 Å². The Balaban J connectivity index is 2.45. The summed E-state index contributed by atoms with van der Waals surface area (Å²) in [6, 6.07) is 4.22. The molecule has 8 nitrogen and oxygen atoms in total. The Labute approximate surface area is 121 Å². The molecule has 1 aromatic rings. The van der Waals surface area contributed by atoms with E-state index in [9.17, 15) is 19.7 Å². The molecule has 0 aliphatic heterocycles. The number of nitrogens with one attached hydrogen (secondary N) is 2. The van der Waals surface area contributed by atoms with Crippen LogP contribution in [0.3, 0.4) is 0 Å². The van der Waals surface area contributed by atoms with E-state index in [1.54, 1.807) is 13.8 Å². The normalized spacial score (nSPS) is 9.81. The van der Waals surface area contributed by atoms with Gasteiger partial charge in [0.25, 0.3) is 11.6 Å². The maximum absolute atomic E-state index is 11.5. The van der Waals surface area contributed by atoms with Gasteiger partial charge in [-0.25, -0.2) is 0 Å². The Kier molecular flexibility index (Phi) is 6.12. The van der Waals surface area contributed by atoms with Gasteiger partial charge >= 0.3 is 0 Å². The number of rotatable bonds is 7. The minimum atomic E-state index is -0.488. The van der Waals surface area contributed by atoms with E-state index in [2.05, 4.69) is 10.6 Å². The van der Waals surface area contributed by atoms with Crippen molar-refractivity contribution in [2.24, 2.45) is 0 Å². The van der Waals surface area contributed by atoms with E-state index in [4.69, 9.17) is 4.74 Å². The van der Waals surface area contributed by atoms with E-state index in [-0.39, 0.29) is 24.7 Å². The van der Waals surface area contributed by atoms with Crippen LogP contribution in [-0.2, 0) is 9.59 Å². The number of nitro benzene ring substituents is 1. The van der Waals surface area contributed by atoms with Crippen LogP contribution in [0.4, 0.5) is 5.69 Å².